The van der Waals surface area contributed by atoms with E-state index in [1.807, 2.05) is 4.90 Å². The number of hydrogen-bond donors (Lipinski definition) is 1. The fourth-order valence-electron chi connectivity index (χ4n) is 3.56. The van der Waals surface area contributed by atoms with Crippen molar-refractivity contribution in [2.75, 3.05) is 24.5 Å². The average molecular weight is 288 g/mol. The number of anilines is 1. The van der Waals surface area contributed by atoms with Gasteiger partial charge in [0.2, 0.25) is 11.9 Å². The second-order valence-corrected chi connectivity index (χ2v) is 6.47. The van der Waals surface area contributed by atoms with Gasteiger partial charge in [-0.2, -0.15) is 0 Å². The first-order chi connectivity index (χ1) is 10.2. The number of hydrogen-bond acceptors (Lipinski definition) is 5. The molecule has 1 saturated carbocycles. The minimum atomic E-state index is -0.609. The molecule has 21 heavy (non-hydrogen) atoms. The molecule has 0 bridgehead atoms. The van der Waals surface area contributed by atoms with Crippen molar-refractivity contribution >= 4 is 11.9 Å². The van der Waals surface area contributed by atoms with E-state index in [1.54, 1.807) is 23.4 Å². The molecule has 3 fully saturated rings. The van der Waals surface area contributed by atoms with Crippen LogP contribution in [0.2, 0.25) is 0 Å². The van der Waals surface area contributed by atoms with Gasteiger partial charge in [0.05, 0.1) is 13.1 Å². The zero-order chi connectivity index (χ0) is 14.4. The van der Waals surface area contributed by atoms with Gasteiger partial charge in [-0.15, -0.1) is 0 Å². The largest absolute Gasteiger partial charge is 0.386 e. The lowest BCUT2D eigenvalue weighted by molar-refractivity contribution is -0.160. The summed E-state index contributed by atoms with van der Waals surface area (Å²) in [5.74, 6) is 1.16. The molecule has 1 amide bonds. The molecule has 3 aliphatic rings. The molecule has 2 saturated heterocycles. The Morgan fingerprint density at radius 3 is 2.62 bits per heavy atom. The van der Waals surface area contributed by atoms with Crippen LogP contribution in [-0.4, -0.2) is 57.2 Å². The van der Waals surface area contributed by atoms with E-state index in [0.29, 0.717) is 25.0 Å². The molecule has 1 atom stereocenters. The maximum Gasteiger partial charge on any atom is 0.245 e. The lowest BCUT2D eigenvalue weighted by Gasteiger charge is -2.48. The van der Waals surface area contributed by atoms with E-state index >= 15 is 0 Å². The van der Waals surface area contributed by atoms with Crippen LogP contribution in [0.4, 0.5) is 5.95 Å². The van der Waals surface area contributed by atoms with E-state index in [-0.39, 0.29) is 11.9 Å². The zero-order valence-corrected chi connectivity index (χ0v) is 12.0. The van der Waals surface area contributed by atoms with Crippen molar-refractivity contribution < 1.29 is 9.90 Å². The molecule has 4 rings (SSSR count). The van der Waals surface area contributed by atoms with Gasteiger partial charge in [-0.1, -0.05) is 0 Å². The van der Waals surface area contributed by atoms with E-state index in [0.717, 1.165) is 32.2 Å². The lowest BCUT2D eigenvalue weighted by atomic mass is 9.88. The van der Waals surface area contributed by atoms with Crippen molar-refractivity contribution in [3.63, 3.8) is 0 Å². The van der Waals surface area contributed by atoms with Gasteiger partial charge in [0.1, 0.15) is 11.6 Å². The lowest BCUT2D eigenvalue weighted by Crippen LogP contribution is -2.67. The fourth-order valence-corrected chi connectivity index (χ4v) is 3.56. The summed E-state index contributed by atoms with van der Waals surface area (Å²) in [6, 6.07) is 1.61. The molecule has 6 nitrogen and oxygen atoms in total. The summed E-state index contributed by atoms with van der Waals surface area (Å²) < 4.78 is 0. The highest BCUT2D eigenvalue weighted by molar-refractivity contribution is 5.86. The molecule has 1 unspecified atom stereocenters. The van der Waals surface area contributed by atoms with Crippen molar-refractivity contribution in [3.05, 3.63) is 18.5 Å². The summed E-state index contributed by atoms with van der Waals surface area (Å²) >= 11 is 0. The number of likely N-dealkylation sites (tertiary alicyclic amines) is 1. The normalized spacial score (nSPS) is 27.6. The monoisotopic (exact) mass is 288 g/mol. The Bertz CT molecular complexity index is 540. The van der Waals surface area contributed by atoms with Crippen LogP contribution in [0.5, 0.6) is 0 Å². The second kappa shape index (κ2) is 4.66. The van der Waals surface area contributed by atoms with Crippen LogP contribution in [0.3, 0.4) is 0 Å². The quantitative estimate of drug-likeness (QED) is 0.873. The average Bonchev–Trinajstić information content (AvgIpc) is 3.22. The van der Waals surface area contributed by atoms with Gasteiger partial charge in [0, 0.05) is 18.9 Å². The fraction of sp³-hybridized carbons (Fsp3) is 0.667. The molecule has 1 aromatic heterocycles. The van der Waals surface area contributed by atoms with Crippen LogP contribution >= 0.6 is 0 Å². The molecule has 0 spiro atoms. The second-order valence-electron chi connectivity index (χ2n) is 6.47. The van der Waals surface area contributed by atoms with Crippen LogP contribution in [0.15, 0.2) is 18.5 Å². The summed E-state index contributed by atoms with van der Waals surface area (Å²) in [6.45, 7) is 1.81. The number of rotatable bonds is 3. The third kappa shape index (κ3) is 2.18. The number of β-amino-alcohol motifs (C(OH)–C–C–N with tert-alkyl or cyclic N) is 1. The summed E-state index contributed by atoms with van der Waals surface area (Å²) in [7, 11) is 0. The van der Waals surface area contributed by atoms with E-state index < -0.39 is 5.60 Å². The summed E-state index contributed by atoms with van der Waals surface area (Å²) in [5.41, 5.74) is -0.609. The smallest absolute Gasteiger partial charge is 0.245 e. The van der Waals surface area contributed by atoms with E-state index in [9.17, 15) is 9.90 Å². The van der Waals surface area contributed by atoms with Gasteiger partial charge in [-0.3, -0.25) is 4.79 Å². The van der Waals surface area contributed by atoms with Crippen molar-refractivity contribution in [1.82, 2.24) is 14.9 Å². The minimum absolute atomic E-state index is 0.116. The Kier molecular flexibility index (Phi) is 2.89. The molecule has 3 heterocycles. The van der Waals surface area contributed by atoms with Gasteiger partial charge in [0.15, 0.2) is 0 Å². The number of amides is 1. The highest BCUT2D eigenvalue weighted by Gasteiger charge is 2.54. The molecular formula is C15H20N4O2. The number of nitrogens with zero attached hydrogens (tertiary/aromatic N) is 4. The summed E-state index contributed by atoms with van der Waals surface area (Å²) in [5, 5.41) is 10.4. The topological polar surface area (TPSA) is 69.6 Å². The first kappa shape index (κ1) is 13.0. The Labute approximate surface area is 123 Å². The van der Waals surface area contributed by atoms with Gasteiger partial charge < -0.3 is 14.9 Å². The van der Waals surface area contributed by atoms with Crippen molar-refractivity contribution in [2.45, 2.75) is 37.3 Å². The summed E-state index contributed by atoms with van der Waals surface area (Å²) in [4.78, 5) is 25.0. The van der Waals surface area contributed by atoms with Gasteiger partial charge >= 0.3 is 0 Å². The highest BCUT2D eigenvalue weighted by Crippen LogP contribution is 2.45. The third-order valence-corrected chi connectivity index (χ3v) is 4.93. The molecule has 1 aromatic rings. The van der Waals surface area contributed by atoms with Crippen LogP contribution in [0.1, 0.15) is 25.7 Å². The Morgan fingerprint density at radius 2 is 1.95 bits per heavy atom. The maximum absolute atomic E-state index is 12.7. The number of aliphatic hydroxyl groups is 1. The molecular weight excluding hydrogens is 268 g/mol. The first-order valence-electron chi connectivity index (χ1n) is 7.72. The van der Waals surface area contributed by atoms with Crippen molar-refractivity contribution in [3.8, 4) is 0 Å². The number of carbonyl (C=O) groups is 1. The third-order valence-electron chi connectivity index (χ3n) is 4.93. The highest BCUT2D eigenvalue weighted by atomic mass is 16.3. The van der Waals surface area contributed by atoms with Crippen LogP contribution < -0.4 is 4.90 Å². The molecule has 1 N–H and O–H groups in total. The Balaban J connectivity index is 1.44. The number of carbonyl (C=O) groups excluding carboxylic acids is 1. The molecule has 1 aliphatic carbocycles. The van der Waals surface area contributed by atoms with Crippen LogP contribution in [-0.2, 0) is 4.79 Å². The Hall–Kier alpha value is -1.69. The van der Waals surface area contributed by atoms with Crippen molar-refractivity contribution in [2.24, 2.45) is 5.92 Å². The van der Waals surface area contributed by atoms with Crippen LogP contribution in [0, 0.1) is 5.92 Å². The molecule has 0 radical (unpaired) electrons. The SMILES string of the molecule is O=C(C1CCCN1c1ncccn1)N1CC(O)(C2CC2)C1. The standard InChI is InChI=1S/C15H20N4O2/c20-13(18-9-15(21,10-18)11-4-5-11)12-3-1-8-19(12)14-16-6-2-7-17-14/h2,6-7,11-12,21H,1,3-5,8-10H2. The molecule has 6 heteroatoms. The predicted molar refractivity (Wildman–Crippen MR) is 76.7 cm³/mol. The zero-order valence-electron chi connectivity index (χ0n) is 12.0. The van der Waals surface area contributed by atoms with E-state index in [1.165, 1.54) is 0 Å². The van der Waals surface area contributed by atoms with Gasteiger partial charge in [-0.25, -0.2) is 9.97 Å². The van der Waals surface area contributed by atoms with Crippen LogP contribution in [0.25, 0.3) is 0 Å². The predicted octanol–water partition coefficient (Wildman–Crippen LogP) is 0.429. The minimum Gasteiger partial charge on any atom is -0.386 e. The van der Waals surface area contributed by atoms with Gasteiger partial charge in [0.25, 0.3) is 0 Å². The molecule has 0 aromatic carbocycles. The number of aromatic nitrogens is 2. The first-order valence-corrected chi connectivity index (χ1v) is 7.72. The van der Waals surface area contributed by atoms with E-state index in [2.05, 4.69) is 9.97 Å². The summed E-state index contributed by atoms with van der Waals surface area (Å²) in [6.07, 6.45) is 7.44. The van der Waals surface area contributed by atoms with E-state index in [4.69, 9.17) is 0 Å². The Morgan fingerprint density at radius 1 is 1.24 bits per heavy atom. The molecule has 2 aliphatic heterocycles. The molecule has 112 valence electrons. The maximum atomic E-state index is 12.7. The van der Waals surface area contributed by atoms with Crippen molar-refractivity contribution in [1.29, 1.82) is 0 Å². The van der Waals surface area contributed by atoms with Gasteiger partial charge in [-0.05, 0) is 37.7 Å².